The lowest BCUT2D eigenvalue weighted by atomic mass is 10.1. The SMILES string of the molecule is Cc1cccn2c(NC(=O)[C@H]3CCOC3)c(-c3ccccc3)nc12. The number of rotatable bonds is 3. The predicted octanol–water partition coefficient (Wildman–Crippen LogP) is 3.28. The van der Waals surface area contributed by atoms with E-state index in [9.17, 15) is 4.79 Å². The first-order valence-corrected chi connectivity index (χ1v) is 8.16. The van der Waals surface area contributed by atoms with E-state index in [-0.39, 0.29) is 11.8 Å². The molecule has 1 aliphatic heterocycles. The van der Waals surface area contributed by atoms with Gasteiger partial charge in [0.05, 0.1) is 12.5 Å². The number of hydrogen-bond donors (Lipinski definition) is 1. The number of aryl methyl sites for hydroxylation is 1. The van der Waals surface area contributed by atoms with Crippen molar-refractivity contribution in [3.8, 4) is 11.3 Å². The molecule has 3 aromatic rings. The third kappa shape index (κ3) is 2.57. The number of pyridine rings is 1. The van der Waals surface area contributed by atoms with Crippen LogP contribution < -0.4 is 5.32 Å². The molecule has 0 saturated carbocycles. The maximum Gasteiger partial charge on any atom is 0.231 e. The fourth-order valence-electron chi connectivity index (χ4n) is 3.08. The molecule has 0 unspecified atom stereocenters. The van der Waals surface area contributed by atoms with E-state index in [0.29, 0.717) is 13.2 Å². The molecule has 0 radical (unpaired) electrons. The van der Waals surface area contributed by atoms with Crippen LogP contribution in [-0.4, -0.2) is 28.5 Å². The number of nitrogens with zero attached hydrogens (tertiary/aromatic N) is 2. The number of amides is 1. The molecule has 4 rings (SSSR count). The molecule has 3 heterocycles. The molecule has 0 bridgehead atoms. The molecular formula is C19H19N3O2. The maximum absolute atomic E-state index is 12.6. The van der Waals surface area contributed by atoms with Gasteiger partial charge < -0.3 is 10.1 Å². The first kappa shape index (κ1) is 14.9. The molecule has 5 nitrogen and oxygen atoms in total. The zero-order valence-electron chi connectivity index (χ0n) is 13.5. The molecule has 0 aliphatic carbocycles. The van der Waals surface area contributed by atoms with E-state index in [1.54, 1.807) is 0 Å². The van der Waals surface area contributed by atoms with Crippen LogP contribution in [0.15, 0.2) is 48.7 Å². The van der Waals surface area contributed by atoms with Gasteiger partial charge >= 0.3 is 0 Å². The summed E-state index contributed by atoms with van der Waals surface area (Å²) in [5, 5.41) is 3.08. The summed E-state index contributed by atoms with van der Waals surface area (Å²) in [6.45, 7) is 3.16. The summed E-state index contributed by atoms with van der Waals surface area (Å²) >= 11 is 0. The summed E-state index contributed by atoms with van der Waals surface area (Å²) in [7, 11) is 0. The Morgan fingerprint density at radius 2 is 2.08 bits per heavy atom. The molecule has 1 fully saturated rings. The van der Waals surface area contributed by atoms with Gasteiger partial charge in [0.15, 0.2) is 0 Å². The molecule has 1 saturated heterocycles. The molecule has 1 aliphatic rings. The Morgan fingerprint density at radius 1 is 1.25 bits per heavy atom. The van der Waals surface area contributed by atoms with Crippen molar-refractivity contribution in [2.75, 3.05) is 18.5 Å². The van der Waals surface area contributed by atoms with Gasteiger partial charge in [0.2, 0.25) is 5.91 Å². The maximum atomic E-state index is 12.6. The number of hydrogen-bond acceptors (Lipinski definition) is 3. The van der Waals surface area contributed by atoms with E-state index in [4.69, 9.17) is 9.72 Å². The van der Waals surface area contributed by atoms with E-state index in [1.807, 2.05) is 60.0 Å². The fourth-order valence-corrected chi connectivity index (χ4v) is 3.08. The van der Waals surface area contributed by atoms with Crippen molar-refractivity contribution in [1.82, 2.24) is 9.38 Å². The molecule has 1 aromatic carbocycles. The van der Waals surface area contributed by atoms with Crippen molar-refractivity contribution < 1.29 is 9.53 Å². The third-order valence-electron chi connectivity index (χ3n) is 4.43. The van der Waals surface area contributed by atoms with Gasteiger partial charge in [-0.2, -0.15) is 0 Å². The minimum Gasteiger partial charge on any atom is -0.381 e. The smallest absolute Gasteiger partial charge is 0.231 e. The van der Waals surface area contributed by atoms with E-state index in [1.165, 1.54) is 0 Å². The summed E-state index contributed by atoms with van der Waals surface area (Å²) in [5.41, 5.74) is 3.70. The van der Waals surface area contributed by atoms with Crippen LogP contribution in [0.5, 0.6) is 0 Å². The Morgan fingerprint density at radius 3 is 2.83 bits per heavy atom. The van der Waals surface area contributed by atoms with Crippen LogP contribution in [0.2, 0.25) is 0 Å². The molecule has 1 amide bonds. The average Bonchev–Trinajstić information content (AvgIpc) is 3.25. The van der Waals surface area contributed by atoms with Crippen molar-refractivity contribution in [2.45, 2.75) is 13.3 Å². The number of nitrogens with one attached hydrogen (secondary N) is 1. The van der Waals surface area contributed by atoms with Gasteiger partial charge in [0.1, 0.15) is 17.2 Å². The highest BCUT2D eigenvalue weighted by Crippen LogP contribution is 2.30. The second kappa shape index (κ2) is 6.09. The van der Waals surface area contributed by atoms with Gasteiger partial charge in [-0.15, -0.1) is 0 Å². The van der Waals surface area contributed by atoms with Gasteiger partial charge in [-0.1, -0.05) is 36.4 Å². The molecule has 2 aromatic heterocycles. The standard InChI is InChI=1S/C19H19N3O2/c1-13-6-5-10-22-17(13)20-16(14-7-3-2-4-8-14)18(22)21-19(23)15-9-11-24-12-15/h2-8,10,15H,9,11-12H2,1H3,(H,21,23)/t15-/m0/s1. The number of anilines is 1. The summed E-state index contributed by atoms with van der Waals surface area (Å²) < 4.78 is 7.29. The first-order valence-electron chi connectivity index (χ1n) is 8.16. The van der Waals surface area contributed by atoms with Crippen LogP contribution in [0, 0.1) is 12.8 Å². The monoisotopic (exact) mass is 321 g/mol. The summed E-state index contributed by atoms with van der Waals surface area (Å²) in [6, 6.07) is 13.9. The van der Waals surface area contributed by atoms with E-state index < -0.39 is 0 Å². The minimum absolute atomic E-state index is 0.00649. The molecule has 5 heteroatoms. The second-order valence-electron chi connectivity index (χ2n) is 6.11. The van der Waals surface area contributed by atoms with Gasteiger partial charge in [-0.25, -0.2) is 4.98 Å². The second-order valence-corrected chi connectivity index (χ2v) is 6.11. The van der Waals surface area contributed by atoms with Crippen molar-refractivity contribution in [3.05, 3.63) is 54.2 Å². The number of aromatic nitrogens is 2. The fraction of sp³-hybridized carbons (Fsp3) is 0.263. The molecule has 0 spiro atoms. The Bertz CT molecular complexity index is 880. The van der Waals surface area contributed by atoms with E-state index in [2.05, 4.69) is 5.32 Å². The van der Waals surface area contributed by atoms with Crippen LogP contribution in [-0.2, 0) is 9.53 Å². The van der Waals surface area contributed by atoms with Crippen molar-refractivity contribution >= 4 is 17.4 Å². The third-order valence-corrected chi connectivity index (χ3v) is 4.43. The molecule has 1 N–H and O–H groups in total. The van der Waals surface area contributed by atoms with Crippen LogP contribution in [0.1, 0.15) is 12.0 Å². The molecule has 1 atom stereocenters. The minimum atomic E-state index is -0.0935. The zero-order valence-corrected chi connectivity index (χ0v) is 13.5. The number of ether oxygens (including phenoxy) is 1. The Balaban J connectivity index is 1.82. The largest absolute Gasteiger partial charge is 0.381 e. The Hall–Kier alpha value is -2.66. The van der Waals surface area contributed by atoms with Crippen LogP contribution >= 0.6 is 0 Å². The zero-order chi connectivity index (χ0) is 16.5. The van der Waals surface area contributed by atoms with Crippen molar-refractivity contribution in [3.63, 3.8) is 0 Å². The number of imidazole rings is 1. The highest BCUT2D eigenvalue weighted by atomic mass is 16.5. The molecular weight excluding hydrogens is 302 g/mol. The number of carbonyl (C=O) groups is 1. The quantitative estimate of drug-likeness (QED) is 0.805. The molecule has 122 valence electrons. The lowest BCUT2D eigenvalue weighted by Crippen LogP contribution is -2.23. The lowest BCUT2D eigenvalue weighted by molar-refractivity contribution is -0.119. The molecule has 24 heavy (non-hydrogen) atoms. The van der Waals surface area contributed by atoms with Crippen LogP contribution in [0.4, 0.5) is 5.82 Å². The average molecular weight is 321 g/mol. The van der Waals surface area contributed by atoms with Crippen molar-refractivity contribution in [1.29, 1.82) is 0 Å². The highest BCUT2D eigenvalue weighted by Gasteiger charge is 2.26. The Kier molecular flexibility index (Phi) is 3.78. The van der Waals surface area contributed by atoms with Gasteiger partial charge in [-0.05, 0) is 25.0 Å². The van der Waals surface area contributed by atoms with E-state index >= 15 is 0 Å². The normalized spacial score (nSPS) is 17.3. The van der Waals surface area contributed by atoms with Crippen molar-refractivity contribution in [2.24, 2.45) is 5.92 Å². The van der Waals surface area contributed by atoms with Gasteiger partial charge in [0, 0.05) is 18.4 Å². The van der Waals surface area contributed by atoms with Gasteiger partial charge in [-0.3, -0.25) is 9.20 Å². The van der Waals surface area contributed by atoms with Crippen LogP contribution in [0.25, 0.3) is 16.9 Å². The first-order chi connectivity index (χ1) is 11.7. The number of fused-ring (bicyclic) bond motifs is 1. The summed E-state index contributed by atoms with van der Waals surface area (Å²) in [6.07, 6.45) is 2.70. The van der Waals surface area contributed by atoms with Gasteiger partial charge in [0.25, 0.3) is 0 Å². The highest BCUT2D eigenvalue weighted by molar-refractivity contribution is 5.96. The summed E-state index contributed by atoms with van der Waals surface area (Å²) in [5.74, 6) is 0.619. The number of benzene rings is 1. The van der Waals surface area contributed by atoms with Crippen LogP contribution in [0.3, 0.4) is 0 Å². The topological polar surface area (TPSA) is 55.6 Å². The predicted molar refractivity (Wildman–Crippen MR) is 92.9 cm³/mol. The summed E-state index contributed by atoms with van der Waals surface area (Å²) in [4.78, 5) is 17.4. The Labute approximate surface area is 140 Å². The van der Waals surface area contributed by atoms with E-state index in [0.717, 1.165) is 34.7 Å². The lowest BCUT2D eigenvalue weighted by Gasteiger charge is -2.11. The number of carbonyl (C=O) groups excluding carboxylic acids is 1.